The zero-order valence-electron chi connectivity index (χ0n) is 9.58. The molecule has 0 unspecified atom stereocenters. The molecule has 1 aromatic rings. The van der Waals surface area contributed by atoms with Crippen LogP contribution in [0.5, 0.6) is 0 Å². The molecule has 0 radical (unpaired) electrons. The number of hydrogen-bond donors (Lipinski definition) is 2. The van der Waals surface area contributed by atoms with Crippen LogP contribution in [0.4, 0.5) is 11.5 Å². The third kappa shape index (κ3) is 1.80. The molecule has 1 aliphatic rings. The lowest BCUT2D eigenvalue weighted by molar-refractivity contribution is 0.434. The van der Waals surface area contributed by atoms with Crippen LogP contribution in [0.25, 0.3) is 0 Å². The molecule has 4 nitrogen and oxygen atoms in total. The molecule has 1 heterocycles. The average Bonchev–Trinajstić information content (AvgIpc) is 2.55. The van der Waals surface area contributed by atoms with Crippen LogP contribution >= 0.6 is 0 Å². The molecule has 0 spiro atoms. The third-order valence-corrected chi connectivity index (χ3v) is 3.34. The number of aryl methyl sites for hydroxylation is 1. The summed E-state index contributed by atoms with van der Waals surface area (Å²) in [5.74, 6) is 1.52. The summed E-state index contributed by atoms with van der Waals surface area (Å²) in [6, 6.07) is 0. The fourth-order valence-corrected chi connectivity index (χ4v) is 2.54. The Morgan fingerprint density at radius 1 is 1.33 bits per heavy atom. The van der Waals surface area contributed by atoms with Crippen LogP contribution in [0.2, 0.25) is 0 Å². The highest BCUT2D eigenvalue weighted by atomic mass is 15.3. The monoisotopic (exact) mass is 208 g/mol. The van der Waals surface area contributed by atoms with E-state index >= 15 is 0 Å². The van der Waals surface area contributed by atoms with E-state index in [0.29, 0.717) is 5.92 Å². The Morgan fingerprint density at radius 3 is 2.53 bits per heavy atom. The summed E-state index contributed by atoms with van der Waals surface area (Å²) in [6.07, 6.45) is 6.47. The number of anilines is 2. The maximum Gasteiger partial charge on any atom is 0.147 e. The molecule has 3 N–H and O–H groups in total. The first-order valence-corrected chi connectivity index (χ1v) is 5.74. The van der Waals surface area contributed by atoms with E-state index < -0.39 is 0 Å². The van der Waals surface area contributed by atoms with E-state index in [2.05, 4.69) is 10.4 Å². The smallest absolute Gasteiger partial charge is 0.147 e. The topological polar surface area (TPSA) is 55.9 Å². The largest absolute Gasteiger partial charge is 0.394 e. The van der Waals surface area contributed by atoms with Crippen molar-refractivity contribution in [3.63, 3.8) is 0 Å². The second-order valence-corrected chi connectivity index (χ2v) is 4.36. The third-order valence-electron chi connectivity index (χ3n) is 3.34. The molecule has 1 fully saturated rings. The van der Waals surface area contributed by atoms with Crippen LogP contribution in [-0.4, -0.2) is 16.8 Å². The fraction of sp³-hybridized carbons (Fsp3) is 0.727. The molecule has 15 heavy (non-hydrogen) atoms. The zero-order chi connectivity index (χ0) is 10.8. The van der Waals surface area contributed by atoms with Crippen molar-refractivity contribution < 1.29 is 0 Å². The van der Waals surface area contributed by atoms with Gasteiger partial charge in [0.15, 0.2) is 0 Å². The molecular formula is C11H20N4. The number of nitrogens with zero attached hydrogens (tertiary/aromatic N) is 2. The first kappa shape index (κ1) is 10.3. The SMILES string of the molecule is CNc1c(N)c(C2CCCCC2)nn1C. The van der Waals surface area contributed by atoms with Crippen molar-refractivity contribution in [3.8, 4) is 0 Å². The minimum absolute atomic E-state index is 0.576. The molecule has 0 amide bonds. The van der Waals surface area contributed by atoms with Crippen LogP contribution in [-0.2, 0) is 7.05 Å². The van der Waals surface area contributed by atoms with E-state index in [9.17, 15) is 0 Å². The first-order chi connectivity index (χ1) is 7.24. The number of nitrogens with one attached hydrogen (secondary N) is 1. The second kappa shape index (κ2) is 4.13. The van der Waals surface area contributed by atoms with Gasteiger partial charge in [-0.05, 0) is 12.8 Å². The molecule has 1 saturated carbocycles. The molecule has 4 heteroatoms. The van der Waals surface area contributed by atoms with Gasteiger partial charge in [-0.2, -0.15) is 5.10 Å². The Kier molecular flexibility index (Phi) is 2.84. The van der Waals surface area contributed by atoms with Crippen LogP contribution in [0.3, 0.4) is 0 Å². The van der Waals surface area contributed by atoms with E-state index in [4.69, 9.17) is 5.73 Å². The summed E-state index contributed by atoms with van der Waals surface area (Å²) in [7, 11) is 3.83. The highest BCUT2D eigenvalue weighted by molar-refractivity contribution is 5.65. The van der Waals surface area contributed by atoms with Crippen molar-refractivity contribution in [2.75, 3.05) is 18.1 Å². The number of hydrogen-bond acceptors (Lipinski definition) is 3. The van der Waals surface area contributed by atoms with Gasteiger partial charge in [0, 0.05) is 20.0 Å². The molecular weight excluding hydrogens is 188 g/mol. The summed E-state index contributed by atoms with van der Waals surface area (Å²) in [5.41, 5.74) is 8.04. The molecule has 0 aromatic carbocycles. The van der Waals surface area contributed by atoms with Crippen LogP contribution < -0.4 is 11.1 Å². The van der Waals surface area contributed by atoms with Gasteiger partial charge >= 0.3 is 0 Å². The van der Waals surface area contributed by atoms with Gasteiger partial charge in [-0.1, -0.05) is 19.3 Å². The summed E-state index contributed by atoms with van der Waals surface area (Å²) in [6.45, 7) is 0. The Bertz CT molecular complexity index is 337. The van der Waals surface area contributed by atoms with Gasteiger partial charge < -0.3 is 11.1 Å². The molecule has 0 atom stereocenters. The summed E-state index contributed by atoms with van der Waals surface area (Å²) in [4.78, 5) is 0. The molecule has 84 valence electrons. The normalized spacial score (nSPS) is 18.0. The van der Waals surface area contributed by atoms with Crippen molar-refractivity contribution in [1.82, 2.24) is 9.78 Å². The first-order valence-electron chi connectivity index (χ1n) is 5.74. The van der Waals surface area contributed by atoms with Crippen molar-refractivity contribution in [2.24, 2.45) is 7.05 Å². The number of nitrogens with two attached hydrogens (primary N) is 1. The standard InChI is InChI=1S/C11H20N4/c1-13-11-9(12)10(14-15(11)2)8-6-4-3-5-7-8/h8,13H,3-7,12H2,1-2H3. The minimum atomic E-state index is 0.576. The molecule has 2 rings (SSSR count). The van der Waals surface area contributed by atoms with Gasteiger partial charge in [-0.25, -0.2) is 0 Å². The number of nitrogen functional groups attached to an aromatic ring is 1. The van der Waals surface area contributed by atoms with Gasteiger partial charge in [-0.15, -0.1) is 0 Å². The highest BCUT2D eigenvalue weighted by Gasteiger charge is 2.22. The van der Waals surface area contributed by atoms with Gasteiger partial charge in [0.2, 0.25) is 0 Å². The Hall–Kier alpha value is -1.19. The maximum absolute atomic E-state index is 6.10. The molecule has 0 aliphatic heterocycles. The maximum atomic E-state index is 6.10. The van der Waals surface area contributed by atoms with Gasteiger partial charge in [0.05, 0.1) is 11.4 Å². The van der Waals surface area contributed by atoms with Crippen LogP contribution in [0.15, 0.2) is 0 Å². The predicted molar refractivity (Wildman–Crippen MR) is 63.0 cm³/mol. The predicted octanol–water partition coefficient (Wildman–Crippen LogP) is 2.09. The summed E-state index contributed by atoms with van der Waals surface area (Å²) >= 11 is 0. The molecule has 0 bridgehead atoms. The molecule has 0 saturated heterocycles. The van der Waals surface area contributed by atoms with Crippen molar-refractivity contribution in [1.29, 1.82) is 0 Å². The minimum Gasteiger partial charge on any atom is -0.394 e. The van der Waals surface area contributed by atoms with E-state index in [1.54, 1.807) is 0 Å². The van der Waals surface area contributed by atoms with Crippen LogP contribution in [0, 0.1) is 0 Å². The Labute approximate surface area is 90.8 Å². The van der Waals surface area contributed by atoms with Crippen molar-refractivity contribution in [3.05, 3.63) is 5.69 Å². The zero-order valence-corrected chi connectivity index (χ0v) is 9.58. The quantitative estimate of drug-likeness (QED) is 0.782. The molecule has 1 aliphatic carbocycles. The van der Waals surface area contributed by atoms with Crippen molar-refractivity contribution in [2.45, 2.75) is 38.0 Å². The Morgan fingerprint density at radius 2 is 2.00 bits per heavy atom. The number of rotatable bonds is 2. The van der Waals surface area contributed by atoms with E-state index in [1.807, 2.05) is 18.8 Å². The second-order valence-electron chi connectivity index (χ2n) is 4.36. The van der Waals surface area contributed by atoms with E-state index in [0.717, 1.165) is 17.2 Å². The van der Waals surface area contributed by atoms with Gasteiger partial charge in [0.1, 0.15) is 5.82 Å². The lowest BCUT2D eigenvalue weighted by atomic mass is 9.86. The van der Waals surface area contributed by atoms with Gasteiger partial charge in [-0.3, -0.25) is 4.68 Å². The lowest BCUT2D eigenvalue weighted by Gasteiger charge is -2.19. The van der Waals surface area contributed by atoms with Crippen molar-refractivity contribution >= 4 is 11.5 Å². The van der Waals surface area contributed by atoms with Crippen LogP contribution in [0.1, 0.15) is 43.7 Å². The lowest BCUT2D eigenvalue weighted by Crippen LogP contribution is -2.07. The number of aromatic nitrogens is 2. The highest BCUT2D eigenvalue weighted by Crippen LogP contribution is 2.37. The summed E-state index contributed by atoms with van der Waals surface area (Å²) < 4.78 is 1.85. The van der Waals surface area contributed by atoms with E-state index in [-0.39, 0.29) is 0 Å². The Balaban J connectivity index is 2.27. The summed E-state index contributed by atoms with van der Waals surface area (Å²) in [5, 5.41) is 7.63. The average molecular weight is 208 g/mol. The fourth-order valence-electron chi connectivity index (χ4n) is 2.54. The molecule has 1 aromatic heterocycles. The van der Waals surface area contributed by atoms with E-state index in [1.165, 1.54) is 32.1 Å². The van der Waals surface area contributed by atoms with Gasteiger partial charge in [0.25, 0.3) is 0 Å².